The second-order valence-electron chi connectivity index (χ2n) is 4.95. The molecule has 0 bridgehead atoms. The van der Waals surface area contributed by atoms with E-state index >= 15 is 0 Å². The molecule has 1 aromatic rings. The van der Waals surface area contributed by atoms with Crippen LogP contribution in [0.1, 0.15) is 38.3 Å². The van der Waals surface area contributed by atoms with E-state index in [1.807, 2.05) is 13.0 Å². The zero-order valence-electron chi connectivity index (χ0n) is 11.6. The highest BCUT2D eigenvalue weighted by Gasteiger charge is 2.08. The summed E-state index contributed by atoms with van der Waals surface area (Å²) < 4.78 is 5.25. The molecule has 0 aliphatic carbocycles. The van der Waals surface area contributed by atoms with E-state index in [1.165, 1.54) is 6.08 Å². The standard InChI is InChI=1S/C16H19NO2/c1-12(2)9-13(3)19-16(18)8-7-14-5-4-6-15(10-14)11-17/h4-8,10,12-13H,9H2,1-3H3/b8-7+. The third kappa shape index (κ3) is 5.87. The van der Waals surface area contributed by atoms with E-state index in [4.69, 9.17) is 10.00 Å². The predicted molar refractivity (Wildman–Crippen MR) is 75.2 cm³/mol. The molecule has 100 valence electrons. The van der Waals surface area contributed by atoms with E-state index < -0.39 is 0 Å². The van der Waals surface area contributed by atoms with Crippen LogP contribution < -0.4 is 0 Å². The van der Waals surface area contributed by atoms with Crippen molar-refractivity contribution >= 4 is 12.0 Å². The molecule has 3 heteroatoms. The number of ether oxygens (including phenoxy) is 1. The fourth-order valence-corrected chi connectivity index (χ4v) is 1.83. The molecule has 1 aromatic carbocycles. The van der Waals surface area contributed by atoms with Gasteiger partial charge in [0, 0.05) is 6.08 Å². The third-order valence-electron chi connectivity index (χ3n) is 2.55. The fourth-order valence-electron chi connectivity index (χ4n) is 1.83. The first kappa shape index (κ1) is 15.0. The van der Waals surface area contributed by atoms with E-state index in [2.05, 4.69) is 19.9 Å². The van der Waals surface area contributed by atoms with Crippen LogP contribution in [0.3, 0.4) is 0 Å². The molecule has 0 saturated carbocycles. The summed E-state index contributed by atoms with van der Waals surface area (Å²) in [6.07, 6.45) is 3.82. The number of carbonyl (C=O) groups is 1. The normalized spacial score (nSPS) is 12.4. The van der Waals surface area contributed by atoms with Crippen LogP contribution >= 0.6 is 0 Å². The Bertz CT molecular complexity index is 498. The molecule has 1 atom stereocenters. The average Bonchev–Trinajstić information content (AvgIpc) is 2.35. The summed E-state index contributed by atoms with van der Waals surface area (Å²) in [6.45, 7) is 6.07. The average molecular weight is 257 g/mol. The van der Waals surface area contributed by atoms with Gasteiger partial charge in [-0.3, -0.25) is 0 Å². The lowest BCUT2D eigenvalue weighted by Crippen LogP contribution is -2.15. The van der Waals surface area contributed by atoms with Crippen molar-refractivity contribution in [1.82, 2.24) is 0 Å². The molecular weight excluding hydrogens is 238 g/mol. The summed E-state index contributed by atoms with van der Waals surface area (Å²) in [4.78, 5) is 11.6. The number of hydrogen-bond acceptors (Lipinski definition) is 3. The molecule has 0 fully saturated rings. The van der Waals surface area contributed by atoms with Crippen LogP contribution in [-0.4, -0.2) is 12.1 Å². The molecule has 0 aliphatic heterocycles. The van der Waals surface area contributed by atoms with Gasteiger partial charge in [0.25, 0.3) is 0 Å². The summed E-state index contributed by atoms with van der Waals surface area (Å²) in [5, 5.41) is 8.78. The predicted octanol–water partition coefficient (Wildman–Crippen LogP) is 3.55. The van der Waals surface area contributed by atoms with Gasteiger partial charge in [0.05, 0.1) is 17.7 Å². The van der Waals surface area contributed by atoms with Crippen LogP contribution in [0.4, 0.5) is 0 Å². The van der Waals surface area contributed by atoms with Gasteiger partial charge in [0.1, 0.15) is 0 Å². The van der Waals surface area contributed by atoms with Crippen molar-refractivity contribution in [2.24, 2.45) is 5.92 Å². The van der Waals surface area contributed by atoms with Gasteiger partial charge in [-0.15, -0.1) is 0 Å². The Morgan fingerprint density at radius 3 is 2.79 bits per heavy atom. The number of nitrogens with zero attached hydrogens (tertiary/aromatic N) is 1. The Labute approximate surface area is 114 Å². The molecule has 0 spiro atoms. The topological polar surface area (TPSA) is 50.1 Å². The minimum atomic E-state index is -0.351. The number of esters is 1. The second-order valence-corrected chi connectivity index (χ2v) is 4.95. The van der Waals surface area contributed by atoms with Crippen LogP contribution in [-0.2, 0) is 9.53 Å². The zero-order chi connectivity index (χ0) is 14.3. The minimum absolute atomic E-state index is 0.0809. The summed E-state index contributed by atoms with van der Waals surface area (Å²) in [7, 11) is 0. The highest BCUT2D eigenvalue weighted by Crippen LogP contribution is 2.09. The van der Waals surface area contributed by atoms with E-state index in [-0.39, 0.29) is 12.1 Å². The summed E-state index contributed by atoms with van der Waals surface area (Å²) >= 11 is 0. The van der Waals surface area contributed by atoms with E-state index in [1.54, 1.807) is 24.3 Å². The molecule has 19 heavy (non-hydrogen) atoms. The van der Waals surface area contributed by atoms with Crippen LogP contribution in [0.25, 0.3) is 6.08 Å². The van der Waals surface area contributed by atoms with Gasteiger partial charge in [0.15, 0.2) is 0 Å². The first-order chi connectivity index (χ1) is 9.01. The van der Waals surface area contributed by atoms with Crippen molar-refractivity contribution in [2.45, 2.75) is 33.3 Å². The van der Waals surface area contributed by atoms with Crippen molar-refractivity contribution in [2.75, 3.05) is 0 Å². The maximum Gasteiger partial charge on any atom is 0.331 e. The molecule has 0 N–H and O–H groups in total. The smallest absolute Gasteiger partial charge is 0.331 e. The summed E-state index contributed by atoms with van der Waals surface area (Å²) in [5.41, 5.74) is 1.39. The molecule has 0 radical (unpaired) electrons. The van der Waals surface area contributed by atoms with Crippen molar-refractivity contribution in [3.8, 4) is 6.07 Å². The lowest BCUT2D eigenvalue weighted by molar-refractivity contribution is -0.142. The van der Waals surface area contributed by atoms with Crippen LogP contribution in [0.15, 0.2) is 30.3 Å². The van der Waals surface area contributed by atoms with Gasteiger partial charge in [-0.2, -0.15) is 5.26 Å². The molecule has 0 saturated heterocycles. The van der Waals surface area contributed by atoms with E-state index in [0.717, 1.165) is 12.0 Å². The lowest BCUT2D eigenvalue weighted by Gasteiger charge is -2.13. The first-order valence-electron chi connectivity index (χ1n) is 6.40. The molecule has 0 aromatic heterocycles. The maximum absolute atomic E-state index is 11.6. The zero-order valence-corrected chi connectivity index (χ0v) is 11.6. The van der Waals surface area contributed by atoms with Crippen molar-refractivity contribution in [3.63, 3.8) is 0 Å². The Balaban J connectivity index is 2.56. The highest BCUT2D eigenvalue weighted by atomic mass is 16.5. The Hall–Kier alpha value is -2.08. The second kappa shape index (κ2) is 7.38. The fraction of sp³-hybridized carbons (Fsp3) is 0.375. The molecule has 3 nitrogen and oxygen atoms in total. The SMILES string of the molecule is CC(C)CC(C)OC(=O)/C=C/c1cccc(C#N)c1. The van der Waals surface area contributed by atoms with E-state index in [0.29, 0.717) is 11.5 Å². The molecule has 1 unspecified atom stereocenters. The first-order valence-corrected chi connectivity index (χ1v) is 6.40. The molecule has 0 aliphatic rings. The Morgan fingerprint density at radius 1 is 1.42 bits per heavy atom. The number of carbonyl (C=O) groups excluding carboxylic acids is 1. The number of rotatable bonds is 5. The third-order valence-corrected chi connectivity index (χ3v) is 2.55. The van der Waals surface area contributed by atoms with Gasteiger partial charge >= 0.3 is 5.97 Å². The van der Waals surface area contributed by atoms with Gasteiger partial charge in [-0.25, -0.2) is 4.79 Å². The number of hydrogen-bond donors (Lipinski definition) is 0. The number of nitriles is 1. The Kier molecular flexibility index (Phi) is 5.81. The van der Waals surface area contributed by atoms with Gasteiger partial charge < -0.3 is 4.74 Å². The van der Waals surface area contributed by atoms with Gasteiger partial charge in [0.2, 0.25) is 0 Å². The molecule has 1 rings (SSSR count). The minimum Gasteiger partial charge on any atom is -0.460 e. The lowest BCUT2D eigenvalue weighted by atomic mass is 10.1. The van der Waals surface area contributed by atoms with Crippen LogP contribution in [0.2, 0.25) is 0 Å². The Morgan fingerprint density at radius 2 is 2.16 bits per heavy atom. The van der Waals surface area contributed by atoms with Gasteiger partial charge in [-0.05, 0) is 43.0 Å². The highest BCUT2D eigenvalue weighted by molar-refractivity contribution is 5.87. The van der Waals surface area contributed by atoms with Crippen molar-refractivity contribution in [3.05, 3.63) is 41.5 Å². The maximum atomic E-state index is 11.6. The monoisotopic (exact) mass is 257 g/mol. The van der Waals surface area contributed by atoms with Crippen LogP contribution in [0, 0.1) is 17.2 Å². The molecule has 0 amide bonds. The molecular formula is C16H19NO2. The summed E-state index contributed by atoms with van der Waals surface area (Å²) in [6, 6.07) is 9.12. The quantitative estimate of drug-likeness (QED) is 0.598. The largest absolute Gasteiger partial charge is 0.460 e. The summed E-state index contributed by atoms with van der Waals surface area (Å²) in [5.74, 6) is 0.148. The van der Waals surface area contributed by atoms with E-state index in [9.17, 15) is 4.79 Å². The van der Waals surface area contributed by atoms with Gasteiger partial charge in [-0.1, -0.05) is 26.0 Å². The van der Waals surface area contributed by atoms with Crippen LogP contribution in [0.5, 0.6) is 0 Å². The van der Waals surface area contributed by atoms with Crippen molar-refractivity contribution < 1.29 is 9.53 Å². The molecule has 0 heterocycles. The number of benzene rings is 1. The van der Waals surface area contributed by atoms with Crippen molar-refractivity contribution in [1.29, 1.82) is 5.26 Å².